The van der Waals surface area contributed by atoms with Crippen molar-refractivity contribution >= 4 is 23.1 Å². The van der Waals surface area contributed by atoms with E-state index in [9.17, 15) is 0 Å². The third kappa shape index (κ3) is 3.02. The molecule has 0 radical (unpaired) electrons. The van der Waals surface area contributed by atoms with Crippen LogP contribution in [0.5, 0.6) is 0 Å². The lowest BCUT2D eigenvalue weighted by Crippen LogP contribution is -2.33. The normalized spacial score (nSPS) is 25.1. The van der Waals surface area contributed by atoms with Crippen molar-refractivity contribution in [3.05, 3.63) is 21.9 Å². The SMILES string of the molecule is CCc1ccc(CNC2CCCC2SC)s1. The summed E-state index contributed by atoms with van der Waals surface area (Å²) in [5.74, 6) is 0. The predicted octanol–water partition coefficient (Wildman–Crippen LogP) is 3.68. The summed E-state index contributed by atoms with van der Waals surface area (Å²) < 4.78 is 0. The maximum atomic E-state index is 3.73. The topological polar surface area (TPSA) is 12.0 Å². The number of rotatable bonds is 5. The van der Waals surface area contributed by atoms with Crippen LogP contribution < -0.4 is 5.32 Å². The monoisotopic (exact) mass is 255 g/mol. The Kier molecular flexibility index (Phi) is 4.74. The summed E-state index contributed by atoms with van der Waals surface area (Å²) in [4.78, 5) is 2.99. The first-order valence-corrected chi connectivity index (χ1v) is 8.27. The van der Waals surface area contributed by atoms with Crippen molar-refractivity contribution in [2.75, 3.05) is 6.26 Å². The van der Waals surface area contributed by atoms with Crippen LogP contribution in [0.4, 0.5) is 0 Å². The number of aryl methyl sites for hydroxylation is 1. The van der Waals surface area contributed by atoms with Crippen molar-refractivity contribution in [3.8, 4) is 0 Å². The molecule has 2 atom stereocenters. The van der Waals surface area contributed by atoms with Gasteiger partial charge in [0.15, 0.2) is 0 Å². The number of thiophene rings is 1. The van der Waals surface area contributed by atoms with Gasteiger partial charge in [0.1, 0.15) is 0 Å². The maximum Gasteiger partial charge on any atom is 0.0302 e. The van der Waals surface area contributed by atoms with Crippen molar-refractivity contribution in [2.24, 2.45) is 0 Å². The average Bonchev–Trinajstić information content (AvgIpc) is 2.94. The second-order valence-corrected chi connectivity index (χ2v) is 6.74. The third-order valence-corrected chi connectivity index (χ3v) is 5.76. The summed E-state index contributed by atoms with van der Waals surface area (Å²) in [6, 6.07) is 5.28. The molecule has 16 heavy (non-hydrogen) atoms. The Morgan fingerprint density at radius 1 is 1.38 bits per heavy atom. The van der Waals surface area contributed by atoms with Crippen molar-refractivity contribution in [2.45, 2.75) is 50.4 Å². The van der Waals surface area contributed by atoms with E-state index >= 15 is 0 Å². The zero-order valence-electron chi connectivity index (χ0n) is 10.2. The summed E-state index contributed by atoms with van der Waals surface area (Å²) in [6.07, 6.45) is 7.56. The number of hydrogen-bond acceptors (Lipinski definition) is 3. The molecule has 1 aliphatic rings. The highest BCUT2D eigenvalue weighted by molar-refractivity contribution is 7.99. The van der Waals surface area contributed by atoms with Crippen molar-refractivity contribution in [1.82, 2.24) is 5.32 Å². The number of nitrogens with one attached hydrogen (secondary N) is 1. The van der Waals surface area contributed by atoms with Crippen molar-refractivity contribution in [3.63, 3.8) is 0 Å². The van der Waals surface area contributed by atoms with E-state index < -0.39 is 0 Å². The van der Waals surface area contributed by atoms with Crippen LogP contribution in [-0.4, -0.2) is 17.5 Å². The third-order valence-electron chi connectivity index (χ3n) is 3.36. The number of hydrogen-bond donors (Lipinski definition) is 1. The molecule has 1 saturated carbocycles. The van der Waals surface area contributed by atoms with Crippen LogP contribution in [0.2, 0.25) is 0 Å². The molecule has 2 rings (SSSR count). The van der Waals surface area contributed by atoms with E-state index in [4.69, 9.17) is 0 Å². The highest BCUT2D eigenvalue weighted by Crippen LogP contribution is 2.28. The van der Waals surface area contributed by atoms with Gasteiger partial charge >= 0.3 is 0 Å². The van der Waals surface area contributed by atoms with Crippen LogP contribution >= 0.6 is 23.1 Å². The molecule has 0 spiro atoms. The predicted molar refractivity (Wildman–Crippen MR) is 75.5 cm³/mol. The van der Waals surface area contributed by atoms with Crippen LogP contribution in [0, 0.1) is 0 Å². The Morgan fingerprint density at radius 3 is 2.88 bits per heavy atom. The molecule has 0 aliphatic heterocycles. The Bertz CT molecular complexity index is 321. The lowest BCUT2D eigenvalue weighted by Gasteiger charge is -2.18. The van der Waals surface area contributed by atoms with E-state index in [1.807, 2.05) is 23.1 Å². The maximum absolute atomic E-state index is 3.73. The van der Waals surface area contributed by atoms with Gasteiger partial charge < -0.3 is 5.32 Å². The molecule has 2 unspecified atom stereocenters. The van der Waals surface area contributed by atoms with E-state index in [0.29, 0.717) is 0 Å². The summed E-state index contributed by atoms with van der Waals surface area (Å²) in [5.41, 5.74) is 0. The fraction of sp³-hybridized carbons (Fsp3) is 0.692. The van der Waals surface area contributed by atoms with E-state index in [2.05, 4.69) is 30.6 Å². The molecular formula is C13H21NS2. The van der Waals surface area contributed by atoms with Crippen LogP contribution in [0.1, 0.15) is 35.9 Å². The minimum atomic E-state index is 0.738. The van der Waals surface area contributed by atoms with E-state index in [0.717, 1.165) is 17.8 Å². The van der Waals surface area contributed by atoms with Crippen molar-refractivity contribution in [1.29, 1.82) is 0 Å². The Hall–Kier alpha value is 0.01000. The zero-order valence-corrected chi connectivity index (χ0v) is 11.8. The Morgan fingerprint density at radius 2 is 2.19 bits per heavy atom. The fourth-order valence-electron chi connectivity index (χ4n) is 2.38. The van der Waals surface area contributed by atoms with Gasteiger partial charge in [-0.25, -0.2) is 0 Å². The molecule has 0 saturated heterocycles. The molecule has 1 aromatic heterocycles. The fourth-order valence-corrected chi connectivity index (χ4v) is 4.25. The highest BCUT2D eigenvalue weighted by atomic mass is 32.2. The smallest absolute Gasteiger partial charge is 0.0302 e. The summed E-state index contributed by atoms with van der Waals surface area (Å²) in [5, 5.41) is 4.56. The highest BCUT2D eigenvalue weighted by Gasteiger charge is 2.25. The molecule has 1 aliphatic carbocycles. The van der Waals surface area contributed by atoms with Gasteiger partial charge in [0, 0.05) is 27.6 Å². The second kappa shape index (κ2) is 6.08. The first-order valence-electron chi connectivity index (χ1n) is 6.17. The van der Waals surface area contributed by atoms with E-state index in [1.165, 1.54) is 35.4 Å². The molecule has 1 nitrogen and oxygen atoms in total. The first kappa shape index (κ1) is 12.5. The summed E-state index contributed by atoms with van der Waals surface area (Å²) >= 11 is 3.98. The molecule has 1 fully saturated rings. The molecule has 1 aromatic rings. The largest absolute Gasteiger partial charge is 0.308 e. The van der Waals surface area contributed by atoms with Crippen LogP contribution in [0.25, 0.3) is 0 Å². The van der Waals surface area contributed by atoms with Crippen LogP contribution in [0.3, 0.4) is 0 Å². The lowest BCUT2D eigenvalue weighted by molar-refractivity contribution is 0.535. The molecule has 3 heteroatoms. The van der Waals surface area contributed by atoms with E-state index in [1.54, 1.807) is 0 Å². The lowest BCUT2D eigenvalue weighted by atomic mass is 10.2. The molecule has 0 amide bonds. The zero-order chi connectivity index (χ0) is 11.4. The molecule has 1 N–H and O–H groups in total. The Labute approximate surface area is 107 Å². The Balaban J connectivity index is 1.82. The average molecular weight is 255 g/mol. The summed E-state index contributed by atoms with van der Waals surface area (Å²) in [6.45, 7) is 3.29. The van der Waals surface area contributed by atoms with Gasteiger partial charge in [0.25, 0.3) is 0 Å². The first-order chi connectivity index (χ1) is 7.83. The van der Waals surface area contributed by atoms with Crippen molar-refractivity contribution < 1.29 is 0 Å². The molecule has 0 aromatic carbocycles. The standard InChI is InChI=1S/C13H21NS2/c1-3-10-7-8-11(16-10)9-14-12-5-4-6-13(12)15-2/h7-8,12-14H,3-6,9H2,1-2H3. The van der Waals surface area contributed by atoms with Gasteiger partial charge in [-0.1, -0.05) is 13.3 Å². The summed E-state index contributed by atoms with van der Waals surface area (Å²) in [7, 11) is 0. The van der Waals surface area contributed by atoms with E-state index in [-0.39, 0.29) is 0 Å². The minimum absolute atomic E-state index is 0.738. The minimum Gasteiger partial charge on any atom is -0.308 e. The molecule has 0 bridgehead atoms. The molecular weight excluding hydrogens is 234 g/mol. The number of thioether (sulfide) groups is 1. The van der Waals surface area contributed by atoms with Crippen LogP contribution in [0.15, 0.2) is 12.1 Å². The van der Waals surface area contributed by atoms with Gasteiger partial charge in [-0.15, -0.1) is 11.3 Å². The molecule has 1 heterocycles. The van der Waals surface area contributed by atoms with Gasteiger partial charge in [-0.2, -0.15) is 11.8 Å². The van der Waals surface area contributed by atoms with Gasteiger partial charge in [-0.3, -0.25) is 0 Å². The van der Waals surface area contributed by atoms with Gasteiger partial charge in [0.05, 0.1) is 0 Å². The van der Waals surface area contributed by atoms with Crippen LogP contribution in [-0.2, 0) is 13.0 Å². The quantitative estimate of drug-likeness (QED) is 0.861. The van der Waals surface area contributed by atoms with Gasteiger partial charge in [0.2, 0.25) is 0 Å². The molecule has 90 valence electrons. The second-order valence-electron chi connectivity index (χ2n) is 4.41. The van der Waals surface area contributed by atoms with Gasteiger partial charge in [-0.05, 0) is 37.7 Å².